The van der Waals surface area contributed by atoms with Gasteiger partial charge in [0.1, 0.15) is 29.6 Å². The highest BCUT2D eigenvalue weighted by atomic mass is 16.7. The Morgan fingerprint density at radius 1 is 1.00 bits per heavy atom. The molecule has 0 spiro atoms. The molecule has 1 unspecified atom stereocenters. The standard InChI is InChI=1S/C21H32O7/c1-4-11-24-17-14-27-21(19(26-13-6-3)18(17)25-12-5-2)28-16-10-8-7-9-15(16)20(22)23/h7-10,17-19,21H,4-6,11-14H2,1-3H3,(H,22,23)/t17-,18+,19-,21?/m1/s1. The van der Waals surface area contributed by atoms with Crippen molar-refractivity contribution in [3.63, 3.8) is 0 Å². The number of hydrogen-bond donors (Lipinski definition) is 1. The second-order valence-corrected chi connectivity index (χ2v) is 6.70. The van der Waals surface area contributed by atoms with Gasteiger partial charge in [0, 0.05) is 19.8 Å². The van der Waals surface area contributed by atoms with Gasteiger partial charge in [-0.2, -0.15) is 0 Å². The molecule has 1 saturated heterocycles. The van der Waals surface area contributed by atoms with Crippen LogP contribution < -0.4 is 4.74 Å². The minimum atomic E-state index is -1.06. The van der Waals surface area contributed by atoms with E-state index in [-0.39, 0.29) is 23.5 Å². The molecular weight excluding hydrogens is 364 g/mol. The van der Waals surface area contributed by atoms with Crippen LogP contribution >= 0.6 is 0 Å². The highest BCUT2D eigenvalue weighted by Gasteiger charge is 2.44. The van der Waals surface area contributed by atoms with Crippen LogP contribution in [-0.4, -0.2) is 62.1 Å². The van der Waals surface area contributed by atoms with E-state index in [2.05, 4.69) is 0 Å². The van der Waals surface area contributed by atoms with E-state index < -0.39 is 18.4 Å². The number of rotatable bonds is 12. The van der Waals surface area contributed by atoms with Gasteiger partial charge in [0.25, 0.3) is 0 Å². The van der Waals surface area contributed by atoms with Crippen molar-refractivity contribution in [2.75, 3.05) is 26.4 Å². The summed E-state index contributed by atoms with van der Waals surface area (Å²) in [5.74, 6) is -0.812. The third-order valence-corrected chi connectivity index (χ3v) is 4.31. The van der Waals surface area contributed by atoms with Crippen LogP contribution in [0.2, 0.25) is 0 Å². The van der Waals surface area contributed by atoms with Gasteiger partial charge in [-0.15, -0.1) is 0 Å². The molecule has 0 saturated carbocycles. The SMILES string of the molecule is CCCO[C@H]1[C@H](OCCC)COC(Oc2ccccc2C(=O)O)[C@@H]1OCCC. The summed E-state index contributed by atoms with van der Waals surface area (Å²) < 4.78 is 29.9. The predicted octanol–water partition coefficient (Wildman–Crippen LogP) is 3.51. The van der Waals surface area contributed by atoms with Crippen molar-refractivity contribution in [1.29, 1.82) is 0 Å². The van der Waals surface area contributed by atoms with Gasteiger partial charge in [-0.25, -0.2) is 4.79 Å². The lowest BCUT2D eigenvalue weighted by molar-refractivity contribution is -0.272. The number of aromatic carboxylic acids is 1. The zero-order valence-corrected chi connectivity index (χ0v) is 17.0. The molecule has 0 aromatic heterocycles. The van der Waals surface area contributed by atoms with Gasteiger partial charge < -0.3 is 28.8 Å². The highest BCUT2D eigenvalue weighted by molar-refractivity contribution is 5.90. The van der Waals surface area contributed by atoms with Crippen LogP contribution in [0.15, 0.2) is 24.3 Å². The van der Waals surface area contributed by atoms with Gasteiger partial charge in [0.15, 0.2) is 0 Å². The van der Waals surface area contributed by atoms with Gasteiger partial charge in [-0.1, -0.05) is 32.9 Å². The molecule has 0 radical (unpaired) electrons. The Morgan fingerprint density at radius 3 is 2.25 bits per heavy atom. The Balaban J connectivity index is 2.23. The molecule has 158 valence electrons. The Labute approximate surface area is 166 Å². The fourth-order valence-corrected chi connectivity index (χ4v) is 3.01. The average Bonchev–Trinajstić information content (AvgIpc) is 2.70. The monoisotopic (exact) mass is 396 g/mol. The van der Waals surface area contributed by atoms with Crippen LogP contribution in [0.4, 0.5) is 0 Å². The molecule has 2 rings (SSSR count). The molecule has 1 aliphatic heterocycles. The number of carboxylic acid groups (broad SMARTS) is 1. The van der Waals surface area contributed by atoms with E-state index in [9.17, 15) is 9.90 Å². The first-order valence-corrected chi connectivity index (χ1v) is 10.1. The van der Waals surface area contributed by atoms with Crippen molar-refractivity contribution in [3.05, 3.63) is 29.8 Å². The molecule has 1 fully saturated rings. The third kappa shape index (κ3) is 6.17. The first kappa shape index (κ1) is 22.6. The lowest BCUT2D eigenvalue weighted by Crippen LogP contribution is -2.58. The topological polar surface area (TPSA) is 83.5 Å². The number of carboxylic acids is 1. The molecule has 7 heteroatoms. The van der Waals surface area contributed by atoms with Crippen molar-refractivity contribution >= 4 is 5.97 Å². The van der Waals surface area contributed by atoms with E-state index in [4.69, 9.17) is 23.7 Å². The van der Waals surface area contributed by atoms with Gasteiger partial charge in [0.05, 0.1) is 6.61 Å². The van der Waals surface area contributed by atoms with Gasteiger partial charge >= 0.3 is 5.97 Å². The summed E-state index contributed by atoms with van der Waals surface area (Å²) in [6.07, 6.45) is 0.668. The number of benzene rings is 1. The maximum atomic E-state index is 11.5. The first-order valence-electron chi connectivity index (χ1n) is 10.1. The van der Waals surface area contributed by atoms with Crippen molar-refractivity contribution < 1.29 is 33.6 Å². The maximum Gasteiger partial charge on any atom is 0.339 e. The smallest absolute Gasteiger partial charge is 0.339 e. The minimum absolute atomic E-state index is 0.0794. The molecule has 1 N–H and O–H groups in total. The summed E-state index contributed by atoms with van der Waals surface area (Å²) in [6.45, 7) is 8.09. The van der Waals surface area contributed by atoms with E-state index in [1.807, 2.05) is 20.8 Å². The largest absolute Gasteiger partial charge is 0.478 e. The Kier molecular flexibility index (Phi) is 9.70. The molecule has 0 aliphatic carbocycles. The lowest BCUT2D eigenvalue weighted by atomic mass is 10.0. The van der Waals surface area contributed by atoms with E-state index in [0.717, 1.165) is 19.3 Å². The minimum Gasteiger partial charge on any atom is -0.478 e. The van der Waals surface area contributed by atoms with Crippen LogP contribution in [0, 0.1) is 0 Å². The first-order chi connectivity index (χ1) is 13.6. The summed E-state index contributed by atoms with van der Waals surface area (Å²) >= 11 is 0. The molecule has 0 amide bonds. The lowest BCUT2D eigenvalue weighted by Gasteiger charge is -2.41. The van der Waals surface area contributed by atoms with Gasteiger partial charge in [-0.05, 0) is 31.4 Å². The third-order valence-electron chi connectivity index (χ3n) is 4.31. The summed E-state index contributed by atoms with van der Waals surface area (Å²) in [5, 5.41) is 9.41. The van der Waals surface area contributed by atoms with E-state index in [1.54, 1.807) is 18.2 Å². The Hall–Kier alpha value is -1.67. The number of carbonyl (C=O) groups is 1. The predicted molar refractivity (Wildman–Crippen MR) is 104 cm³/mol. The quantitative estimate of drug-likeness (QED) is 0.579. The van der Waals surface area contributed by atoms with Crippen molar-refractivity contribution in [2.45, 2.75) is 64.6 Å². The molecule has 1 aromatic rings. The summed E-state index contributed by atoms with van der Waals surface area (Å²) in [6, 6.07) is 6.50. The highest BCUT2D eigenvalue weighted by Crippen LogP contribution is 2.28. The fraction of sp³-hybridized carbons (Fsp3) is 0.667. The summed E-state index contributed by atoms with van der Waals surface area (Å²) in [4.78, 5) is 11.5. The number of ether oxygens (including phenoxy) is 5. The molecule has 1 heterocycles. The molecular formula is C21H32O7. The van der Waals surface area contributed by atoms with Crippen LogP contribution in [0.3, 0.4) is 0 Å². The van der Waals surface area contributed by atoms with E-state index in [0.29, 0.717) is 26.4 Å². The molecule has 1 aliphatic rings. The zero-order valence-electron chi connectivity index (χ0n) is 17.0. The van der Waals surface area contributed by atoms with Crippen LogP contribution in [0.1, 0.15) is 50.4 Å². The summed E-state index contributed by atoms with van der Waals surface area (Å²) in [5.41, 5.74) is 0.0794. The zero-order chi connectivity index (χ0) is 20.4. The fourth-order valence-electron chi connectivity index (χ4n) is 3.01. The molecule has 0 bridgehead atoms. The second kappa shape index (κ2) is 12.0. The maximum absolute atomic E-state index is 11.5. The van der Waals surface area contributed by atoms with Crippen molar-refractivity contribution in [2.24, 2.45) is 0 Å². The van der Waals surface area contributed by atoms with Crippen LogP contribution in [0.25, 0.3) is 0 Å². The molecule has 4 atom stereocenters. The Morgan fingerprint density at radius 2 is 1.61 bits per heavy atom. The number of hydrogen-bond acceptors (Lipinski definition) is 6. The molecule has 1 aromatic carbocycles. The average molecular weight is 396 g/mol. The van der Waals surface area contributed by atoms with E-state index in [1.165, 1.54) is 6.07 Å². The summed E-state index contributed by atoms with van der Waals surface area (Å²) in [7, 11) is 0. The van der Waals surface area contributed by atoms with Gasteiger partial charge in [-0.3, -0.25) is 0 Å². The van der Waals surface area contributed by atoms with E-state index >= 15 is 0 Å². The van der Waals surface area contributed by atoms with Gasteiger partial charge in [0.2, 0.25) is 6.29 Å². The number of para-hydroxylation sites is 1. The molecule has 7 nitrogen and oxygen atoms in total. The van der Waals surface area contributed by atoms with Crippen molar-refractivity contribution in [3.8, 4) is 5.75 Å². The second-order valence-electron chi connectivity index (χ2n) is 6.70. The van der Waals surface area contributed by atoms with Crippen LogP contribution in [-0.2, 0) is 18.9 Å². The Bertz CT molecular complexity index is 592. The molecule has 28 heavy (non-hydrogen) atoms. The normalized spacial score (nSPS) is 24.8. The van der Waals surface area contributed by atoms with Crippen molar-refractivity contribution in [1.82, 2.24) is 0 Å². The van der Waals surface area contributed by atoms with Crippen LogP contribution in [0.5, 0.6) is 5.75 Å².